The molecule has 6 atom stereocenters. The molecule has 3 aliphatic rings. The molecule has 0 aromatic heterocycles. The van der Waals surface area contributed by atoms with Crippen LogP contribution < -0.4 is 0 Å². The van der Waals surface area contributed by atoms with E-state index < -0.39 is 71.6 Å². The summed E-state index contributed by atoms with van der Waals surface area (Å²) in [6.45, 7) is 3.17. The maximum absolute atomic E-state index is 13.5. The van der Waals surface area contributed by atoms with Crippen LogP contribution in [0.2, 0.25) is 0 Å². The van der Waals surface area contributed by atoms with Gasteiger partial charge in [0, 0.05) is 41.5 Å². The highest BCUT2D eigenvalue weighted by Crippen LogP contribution is 2.52. The lowest BCUT2D eigenvalue weighted by Gasteiger charge is -2.42. The van der Waals surface area contributed by atoms with E-state index in [0.29, 0.717) is 0 Å². The highest BCUT2D eigenvalue weighted by atomic mass is 16.7. The molecule has 0 radical (unpaired) electrons. The third-order valence-electron chi connectivity index (χ3n) is 8.67. The Morgan fingerprint density at radius 1 is 0.977 bits per heavy atom. The second-order valence-corrected chi connectivity index (χ2v) is 11.5. The Morgan fingerprint density at radius 3 is 2.19 bits per heavy atom. The van der Waals surface area contributed by atoms with Gasteiger partial charge in [-0.3, -0.25) is 14.4 Å². The van der Waals surface area contributed by atoms with Gasteiger partial charge in [-0.05, 0) is 19.4 Å². The van der Waals surface area contributed by atoms with Crippen molar-refractivity contribution in [2.24, 2.45) is 0 Å². The largest absolute Gasteiger partial charge is 0.507 e. The zero-order chi connectivity index (χ0) is 30.6. The highest BCUT2D eigenvalue weighted by Gasteiger charge is 2.49. The summed E-state index contributed by atoms with van der Waals surface area (Å²) in [6.07, 6.45) is -5.32. The highest BCUT2D eigenvalue weighted by molar-refractivity contribution is 6.30. The van der Waals surface area contributed by atoms with Gasteiger partial charge in [-0.25, -0.2) is 0 Å². The average molecular weight is 589 g/mol. The number of carbonyl (C=O) groups excluding carboxylic acids is 3. The van der Waals surface area contributed by atoms with Crippen LogP contribution in [0.25, 0.3) is 0 Å². The minimum atomic E-state index is -2.00. The monoisotopic (exact) mass is 588 g/mol. The van der Waals surface area contributed by atoms with Crippen LogP contribution in [0.3, 0.4) is 0 Å². The second-order valence-electron chi connectivity index (χ2n) is 11.5. The van der Waals surface area contributed by atoms with Gasteiger partial charge < -0.3 is 34.6 Å². The summed E-state index contributed by atoms with van der Waals surface area (Å²) < 4.78 is 18.2. The first-order chi connectivity index (χ1) is 20.5. The molecule has 10 nitrogen and oxygen atoms in total. The number of benzene rings is 3. The van der Waals surface area contributed by atoms with Crippen molar-refractivity contribution in [3.63, 3.8) is 0 Å². The fourth-order valence-corrected chi connectivity index (χ4v) is 6.37. The Labute approximate surface area is 247 Å². The third-order valence-corrected chi connectivity index (χ3v) is 8.67. The molecule has 1 heterocycles. The number of aliphatic hydroxyl groups is 2. The molecule has 1 fully saturated rings. The number of carbonyl (C=O) groups is 3. The zero-order valence-corrected chi connectivity index (χ0v) is 23.6. The first-order valence-electron chi connectivity index (χ1n) is 14.2. The molecule has 224 valence electrons. The molecule has 2 aliphatic carbocycles. The topological polar surface area (TPSA) is 160 Å². The van der Waals surface area contributed by atoms with E-state index in [1.807, 2.05) is 30.3 Å². The number of rotatable bonds is 6. The van der Waals surface area contributed by atoms with Crippen LogP contribution in [0.1, 0.15) is 81.3 Å². The van der Waals surface area contributed by atoms with E-state index >= 15 is 0 Å². The molecule has 43 heavy (non-hydrogen) atoms. The molecule has 0 saturated carbocycles. The van der Waals surface area contributed by atoms with E-state index in [2.05, 4.69) is 0 Å². The summed E-state index contributed by atoms with van der Waals surface area (Å²) in [5, 5.41) is 45.2. The van der Waals surface area contributed by atoms with Gasteiger partial charge in [-0.1, -0.05) is 54.6 Å². The molecule has 6 rings (SSSR count). The SMILES string of the molecule is CC(=O)[C@]1(O)Cc2c(O)c3c(c(O)c2[C@@H](O[C@H]2C[C@H](O)[C@H](OCc4ccccc4)[C@H](C)O2)C1)C(=O)c1ccccc1C3=O. The number of Topliss-reactive ketones (excluding diaryl/α,β-unsaturated/α-hetero) is 1. The predicted molar refractivity (Wildman–Crippen MR) is 151 cm³/mol. The smallest absolute Gasteiger partial charge is 0.198 e. The molecule has 10 heteroatoms. The van der Waals surface area contributed by atoms with Crippen molar-refractivity contribution in [3.05, 3.63) is 93.5 Å². The summed E-state index contributed by atoms with van der Waals surface area (Å²) in [7, 11) is 0. The van der Waals surface area contributed by atoms with Crippen molar-refractivity contribution < 1.29 is 49.0 Å². The van der Waals surface area contributed by atoms with Crippen molar-refractivity contribution in [1.29, 1.82) is 0 Å². The molecule has 0 spiro atoms. The van der Waals surface area contributed by atoms with Gasteiger partial charge in [0.15, 0.2) is 23.6 Å². The van der Waals surface area contributed by atoms with E-state index in [0.717, 1.165) is 5.56 Å². The van der Waals surface area contributed by atoms with Crippen LogP contribution >= 0.6 is 0 Å². The summed E-state index contributed by atoms with van der Waals surface area (Å²) in [4.78, 5) is 39.5. The number of ketones is 3. The fourth-order valence-electron chi connectivity index (χ4n) is 6.37. The van der Waals surface area contributed by atoms with Crippen molar-refractivity contribution in [3.8, 4) is 11.5 Å². The Balaban J connectivity index is 1.33. The Hall–Kier alpha value is -3.93. The molecule has 3 aromatic rings. The van der Waals surface area contributed by atoms with Gasteiger partial charge in [0.25, 0.3) is 0 Å². The minimum Gasteiger partial charge on any atom is -0.507 e. The molecule has 0 unspecified atom stereocenters. The van der Waals surface area contributed by atoms with Crippen molar-refractivity contribution in [2.75, 3.05) is 0 Å². The Bertz CT molecular complexity index is 1600. The maximum Gasteiger partial charge on any atom is 0.198 e. The first-order valence-corrected chi connectivity index (χ1v) is 14.2. The quantitative estimate of drug-likeness (QED) is 0.246. The number of fused-ring (bicyclic) bond motifs is 3. The third kappa shape index (κ3) is 4.95. The van der Waals surface area contributed by atoms with E-state index in [1.165, 1.54) is 19.1 Å². The van der Waals surface area contributed by atoms with Gasteiger partial charge in [0.2, 0.25) is 0 Å². The number of phenolic OH excluding ortho intramolecular Hbond substituents is 2. The lowest BCUT2D eigenvalue weighted by atomic mass is 9.72. The number of aliphatic hydroxyl groups excluding tert-OH is 1. The van der Waals surface area contributed by atoms with Crippen LogP contribution in [0.4, 0.5) is 0 Å². The Morgan fingerprint density at radius 2 is 1.58 bits per heavy atom. The van der Waals surface area contributed by atoms with Crippen LogP contribution in [-0.4, -0.2) is 68.0 Å². The number of ether oxygens (including phenoxy) is 3. The predicted octanol–water partition coefficient (Wildman–Crippen LogP) is 3.28. The lowest BCUT2D eigenvalue weighted by molar-refractivity contribution is -0.274. The summed E-state index contributed by atoms with van der Waals surface area (Å²) >= 11 is 0. The van der Waals surface area contributed by atoms with Crippen LogP contribution in [0.15, 0.2) is 54.6 Å². The zero-order valence-electron chi connectivity index (χ0n) is 23.6. The molecule has 0 bridgehead atoms. The van der Waals surface area contributed by atoms with Crippen molar-refractivity contribution in [2.45, 2.75) is 76.0 Å². The number of hydrogen-bond donors (Lipinski definition) is 4. The number of hydrogen-bond acceptors (Lipinski definition) is 10. The molecule has 3 aromatic carbocycles. The summed E-state index contributed by atoms with van der Waals surface area (Å²) in [6, 6.07) is 15.6. The molecule has 4 N–H and O–H groups in total. The van der Waals surface area contributed by atoms with E-state index in [9.17, 15) is 34.8 Å². The second kappa shape index (κ2) is 11.0. The van der Waals surface area contributed by atoms with Crippen LogP contribution in [0.5, 0.6) is 11.5 Å². The number of phenols is 2. The lowest BCUT2D eigenvalue weighted by Crippen LogP contribution is -2.50. The molecule has 1 saturated heterocycles. The van der Waals surface area contributed by atoms with E-state index in [1.54, 1.807) is 19.1 Å². The maximum atomic E-state index is 13.5. The van der Waals surface area contributed by atoms with Gasteiger partial charge in [-0.2, -0.15) is 0 Å². The molecule has 0 amide bonds. The minimum absolute atomic E-state index is 0.0177. The average Bonchev–Trinajstić information content (AvgIpc) is 2.97. The van der Waals surface area contributed by atoms with Gasteiger partial charge in [0.05, 0.1) is 36.0 Å². The van der Waals surface area contributed by atoms with Gasteiger partial charge in [-0.15, -0.1) is 0 Å². The Kier molecular flexibility index (Phi) is 7.44. The number of aromatic hydroxyl groups is 2. The molecular formula is C33H32O10. The first kappa shape index (κ1) is 29.2. The van der Waals surface area contributed by atoms with Crippen molar-refractivity contribution in [1.82, 2.24) is 0 Å². The van der Waals surface area contributed by atoms with Gasteiger partial charge in [0.1, 0.15) is 23.2 Å². The van der Waals surface area contributed by atoms with E-state index in [-0.39, 0.29) is 52.8 Å². The summed E-state index contributed by atoms with van der Waals surface area (Å²) in [5.41, 5.74) is -1.76. The van der Waals surface area contributed by atoms with Crippen LogP contribution in [-0.2, 0) is 32.0 Å². The van der Waals surface area contributed by atoms with Crippen molar-refractivity contribution >= 4 is 17.3 Å². The van der Waals surface area contributed by atoms with E-state index in [4.69, 9.17) is 14.2 Å². The van der Waals surface area contributed by atoms with Crippen LogP contribution in [0, 0.1) is 0 Å². The fraction of sp³-hybridized carbons (Fsp3) is 0.364. The molecular weight excluding hydrogens is 556 g/mol. The summed E-state index contributed by atoms with van der Waals surface area (Å²) in [5.74, 6) is -3.09. The standard InChI is InChI=1S/C33H32O10/c1-16-32(41-15-18-8-4-3-5-9-18)22(35)12-24(42-16)43-23-14-33(40,17(2)34)13-21-25(23)31(39)27-26(30(21)38)28(36)19-10-6-7-11-20(19)29(27)37/h3-11,16,22-24,32,35,38-40H,12-15H2,1-2H3/t16-,22-,23-,24-,32+,33-/m0/s1. The van der Waals surface area contributed by atoms with Gasteiger partial charge >= 0.3 is 0 Å². The normalized spacial score (nSPS) is 28.1. The molecule has 1 aliphatic heterocycles.